The number of rotatable bonds is 8. The molecule has 2 heterocycles. The van der Waals surface area contributed by atoms with Crippen molar-refractivity contribution in [1.29, 1.82) is 0 Å². The van der Waals surface area contributed by atoms with Crippen LogP contribution in [0.15, 0.2) is 9.98 Å². The molecule has 27 heteroatoms. The molecule has 2 aliphatic rings. The van der Waals surface area contributed by atoms with E-state index in [1.807, 2.05) is 27.7 Å². The predicted octanol–water partition coefficient (Wildman–Crippen LogP) is -0.417. The van der Waals surface area contributed by atoms with Gasteiger partial charge in [0.25, 0.3) is 0 Å². The standard InChI is InChI=1S/C15H28N4O6S2.2CHF3O3S.Cu/c1-9-11(7-16-26(5,20)21)18-13(24-9)15(3,4)14-19-12(10(2)25-14)8-17-27(6,22)23;2*2-1(3,4)8(5,6)7;/h9-12,16-17H,7-8H2,1-6H3;2*(H,5,6,7);/q;;;+2/p-2/t9-,10-,11-,12-;;;/m1.../s1. The Hall–Kier alpha value is -1.32. The third kappa shape index (κ3) is 15.3. The van der Waals surface area contributed by atoms with E-state index in [0.29, 0.717) is 11.8 Å². The number of hydrogen-bond acceptors (Lipinski definition) is 14. The van der Waals surface area contributed by atoms with E-state index in [9.17, 15) is 43.2 Å². The Morgan fingerprint density at radius 3 is 1.09 bits per heavy atom. The van der Waals surface area contributed by atoms with Crippen molar-refractivity contribution in [3.63, 3.8) is 0 Å². The van der Waals surface area contributed by atoms with E-state index < -0.39 is 56.7 Å². The molecule has 0 aliphatic carbocycles. The summed E-state index contributed by atoms with van der Waals surface area (Å²) in [6, 6.07) is -0.702. The van der Waals surface area contributed by atoms with Crippen molar-refractivity contribution in [2.45, 2.75) is 63.0 Å². The van der Waals surface area contributed by atoms with E-state index in [-0.39, 0.29) is 54.4 Å². The molecular weight excluding hydrogens is 758 g/mol. The molecule has 0 unspecified atom stereocenters. The summed E-state index contributed by atoms with van der Waals surface area (Å²) in [6.07, 6.45) is 1.59. The second-order valence-corrected chi connectivity index (χ2v) is 15.7. The first-order chi connectivity index (χ1) is 18.7. The van der Waals surface area contributed by atoms with Crippen LogP contribution in [0, 0.1) is 5.41 Å². The summed E-state index contributed by atoms with van der Waals surface area (Å²) >= 11 is 0. The maximum absolute atomic E-state index is 11.3. The molecule has 0 bridgehead atoms. The minimum atomic E-state index is -6.09. The molecule has 265 valence electrons. The smallest absolute Gasteiger partial charge is 0.741 e. The monoisotopic (exact) mass is 785 g/mol. The molecular formula is C17H28CuF6N4O12S4. The molecule has 2 aliphatic heterocycles. The number of ether oxygens (including phenoxy) is 2. The Balaban J connectivity index is 0. The molecule has 0 saturated carbocycles. The summed E-state index contributed by atoms with van der Waals surface area (Å²) in [7, 11) is -18.8. The summed E-state index contributed by atoms with van der Waals surface area (Å²) in [5.41, 5.74) is -12.1. The molecule has 2 N–H and O–H groups in total. The Kier molecular flexibility index (Phi) is 15.8. The van der Waals surface area contributed by atoms with Crippen LogP contribution in [0.5, 0.6) is 0 Å². The zero-order valence-corrected chi connectivity index (χ0v) is 27.4. The van der Waals surface area contributed by atoms with Gasteiger partial charge in [0.2, 0.25) is 20.0 Å². The molecule has 0 spiro atoms. The van der Waals surface area contributed by atoms with Crippen LogP contribution < -0.4 is 9.44 Å². The first-order valence-electron chi connectivity index (χ1n) is 11.1. The van der Waals surface area contributed by atoms with Crippen LogP contribution in [0.25, 0.3) is 0 Å². The molecule has 0 aromatic heterocycles. The molecule has 0 aromatic carbocycles. The van der Waals surface area contributed by atoms with Gasteiger partial charge < -0.3 is 18.6 Å². The normalized spacial score (nSPS) is 23.0. The van der Waals surface area contributed by atoms with Crippen LogP contribution >= 0.6 is 0 Å². The van der Waals surface area contributed by atoms with E-state index in [1.54, 1.807) is 0 Å². The predicted molar refractivity (Wildman–Crippen MR) is 135 cm³/mol. The van der Waals surface area contributed by atoms with Crippen LogP contribution in [-0.2, 0) is 66.8 Å². The van der Waals surface area contributed by atoms with Crippen molar-refractivity contribution in [3.8, 4) is 0 Å². The van der Waals surface area contributed by atoms with Crippen molar-refractivity contribution >= 4 is 52.1 Å². The first-order valence-corrected chi connectivity index (χ1v) is 17.7. The molecule has 1 radical (unpaired) electrons. The van der Waals surface area contributed by atoms with Crippen molar-refractivity contribution < 1.29 is 95.7 Å². The van der Waals surface area contributed by atoms with Crippen LogP contribution in [0.3, 0.4) is 0 Å². The number of alkyl halides is 6. The Morgan fingerprint density at radius 1 is 0.682 bits per heavy atom. The second-order valence-electron chi connectivity index (χ2n) is 9.32. The second kappa shape index (κ2) is 15.5. The average molecular weight is 786 g/mol. The molecule has 4 atom stereocenters. The van der Waals surface area contributed by atoms with Gasteiger partial charge in [-0.05, 0) is 27.7 Å². The maximum Gasteiger partial charge on any atom is 2.00 e. The fourth-order valence-corrected chi connectivity index (χ4v) is 3.63. The summed E-state index contributed by atoms with van der Waals surface area (Å²) in [4.78, 5) is 9.04. The number of hydrogen-bond donors (Lipinski definition) is 2. The van der Waals surface area contributed by atoms with E-state index >= 15 is 0 Å². The van der Waals surface area contributed by atoms with Crippen LogP contribution in [0.1, 0.15) is 27.7 Å². The van der Waals surface area contributed by atoms with Gasteiger partial charge in [-0.1, -0.05) is 0 Å². The molecule has 0 fully saturated rings. The molecule has 2 rings (SSSR count). The van der Waals surface area contributed by atoms with E-state index in [4.69, 9.17) is 35.4 Å². The number of nitrogens with one attached hydrogen (secondary N) is 2. The Labute approximate surface area is 260 Å². The van der Waals surface area contributed by atoms with Crippen LogP contribution in [0.4, 0.5) is 26.3 Å². The fourth-order valence-electron chi connectivity index (χ4n) is 2.69. The molecule has 0 saturated heterocycles. The average Bonchev–Trinajstić information content (AvgIpc) is 3.31. The first kappa shape index (κ1) is 44.8. The van der Waals surface area contributed by atoms with Crippen LogP contribution in [-0.4, -0.2) is 115 Å². The topological polar surface area (TPSA) is 250 Å². The van der Waals surface area contributed by atoms with Crippen molar-refractivity contribution in [2.75, 3.05) is 25.6 Å². The summed E-state index contributed by atoms with van der Waals surface area (Å²) in [5, 5.41) is 0. The van der Waals surface area contributed by atoms with Crippen LogP contribution in [0.2, 0.25) is 0 Å². The fraction of sp³-hybridized carbons (Fsp3) is 0.882. The van der Waals surface area contributed by atoms with E-state index in [2.05, 4.69) is 19.4 Å². The van der Waals surface area contributed by atoms with Gasteiger partial charge in [-0.2, -0.15) is 26.3 Å². The zero-order chi connectivity index (χ0) is 34.6. The quantitative estimate of drug-likeness (QED) is 0.138. The van der Waals surface area contributed by atoms with Gasteiger partial charge in [0.05, 0.1) is 12.5 Å². The van der Waals surface area contributed by atoms with Crippen molar-refractivity contribution in [1.82, 2.24) is 9.44 Å². The largest absolute Gasteiger partial charge is 2.00 e. The Morgan fingerprint density at radius 2 is 0.909 bits per heavy atom. The minimum Gasteiger partial charge on any atom is -0.741 e. The number of aliphatic imine (C=N–C) groups is 2. The SMILES string of the molecule is C[C@H]1OC(C(C)(C)C2=N[C@H](CNS(C)(=O)=O)[C@@H](C)O2)=N[C@@H]1CNS(C)(=O)=O.O=S(=O)([O-])C(F)(F)F.O=S(=O)([O-])C(F)(F)F.[Cu+2]. The van der Waals surface area contributed by atoms with Gasteiger partial charge >= 0.3 is 28.1 Å². The minimum absolute atomic E-state index is 0. The maximum atomic E-state index is 11.3. The van der Waals surface area contributed by atoms with Gasteiger partial charge in [0, 0.05) is 13.1 Å². The van der Waals surface area contributed by atoms with Gasteiger partial charge in [-0.15, -0.1) is 0 Å². The zero-order valence-electron chi connectivity index (χ0n) is 23.2. The van der Waals surface area contributed by atoms with Gasteiger partial charge in [0.1, 0.15) is 29.7 Å². The molecule has 0 amide bonds. The third-order valence-electron chi connectivity index (χ3n) is 4.99. The van der Waals surface area contributed by atoms with E-state index in [1.165, 1.54) is 0 Å². The molecule has 44 heavy (non-hydrogen) atoms. The third-order valence-corrected chi connectivity index (χ3v) is 7.51. The van der Waals surface area contributed by atoms with Gasteiger partial charge in [-0.25, -0.2) is 53.1 Å². The van der Waals surface area contributed by atoms with Crippen molar-refractivity contribution in [3.05, 3.63) is 0 Å². The Bertz CT molecular complexity index is 1370. The van der Waals surface area contributed by atoms with Gasteiger partial charge in [0.15, 0.2) is 32.0 Å². The number of halogens is 6. The van der Waals surface area contributed by atoms with Crippen molar-refractivity contribution in [2.24, 2.45) is 15.4 Å². The summed E-state index contributed by atoms with van der Waals surface area (Å²) in [5.74, 6) is 0.830. The molecule has 16 nitrogen and oxygen atoms in total. The number of sulfonamides is 2. The number of nitrogens with zero attached hydrogens (tertiary/aromatic N) is 2. The summed E-state index contributed by atoms with van der Waals surface area (Å²) in [6.45, 7) is 7.63. The molecule has 0 aromatic rings. The summed E-state index contributed by atoms with van der Waals surface area (Å²) < 4.78 is 180. The van der Waals surface area contributed by atoms with E-state index in [0.717, 1.165) is 12.5 Å². The van der Waals surface area contributed by atoms with Gasteiger partial charge in [-0.3, -0.25) is 0 Å².